The van der Waals surface area contributed by atoms with Crippen LogP contribution in [0.3, 0.4) is 0 Å². The lowest BCUT2D eigenvalue weighted by Gasteiger charge is -2.15. The van der Waals surface area contributed by atoms with Gasteiger partial charge in [-0.3, -0.25) is 5.10 Å². The number of aromatic amines is 1. The Morgan fingerprint density at radius 3 is 2.47 bits per heavy atom. The Kier molecular flexibility index (Phi) is 3.63. The standard InChI is InChI=1S/C11H13FN4O2S/c1-8-13-11(15-14-8)7-16(2)19(17,18)10-5-3-9(12)4-6-10/h3-6H,7H2,1-2H3,(H,13,14,15). The largest absolute Gasteiger partial charge is 0.263 e. The van der Waals surface area contributed by atoms with Gasteiger partial charge in [0.15, 0.2) is 5.82 Å². The van der Waals surface area contributed by atoms with Gasteiger partial charge in [0.25, 0.3) is 0 Å². The molecule has 0 aliphatic carbocycles. The molecule has 8 heteroatoms. The molecule has 1 heterocycles. The van der Waals surface area contributed by atoms with E-state index in [0.29, 0.717) is 11.6 Å². The fourth-order valence-corrected chi connectivity index (χ4v) is 2.66. The molecule has 6 nitrogen and oxygen atoms in total. The molecule has 2 aromatic rings. The van der Waals surface area contributed by atoms with Gasteiger partial charge in [0.05, 0.1) is 11.4 Å². The van der Waals surface area contributed by atoms with Crippen molar-refractivity contribution in [1.82, 2.24) is 19.5 Å². The molecule has 0 saturated carbocycles. The van der Waals surface area contributed by atoms with Gasteiger partial charge in [-0.25, -0.2) is 17.8 Å². The molecule has 1 N–H and O–H groups in total. The SMILES string of the molecule is Cc1nc(CN(C)S(=O)(=O)c2ccc(F)cc2)n[nH]1. The second kappa shape index (κ2) is 5.06. The maximum Gasteiger partial charge on any atom is 0.243 e. The molecular formula is C11H13FN4O2S. The molecule has 102 valence electrons. The van der Waals surface area contributed by atoms with E-state index in [4.69, 9.17) is 0 Å². The molecule has 0 saturated heterocycles. The Hall–Kier alpha value is -1.80. The number of H-pyrrole nitrogens is 1. The normalized spacial score (nSPS) is 12.0. The smallest absolute Gasteiger partial charge is 0.243 e. The molecule has 0 amide bonds. The summed E-state index contributed by atoms with van der Waals surface area (Å²) in [6.45, 7) is 1.77. The molecule has 0 radical (unpaired) electrons. The minimum Gasteiger partial charge on any atom is -0.263 e. The molecule has 19 heavy (non-hydrogen) atoms. The van der Waals surface area contributed by atoms with Crippen LogP contribution in [0.5, 0.6) is 0 Å². The molecule has 0 aliphatic rings. The molecule has 1 aromatic heterocycles. The Morgan fingerprint density at radius 1 is 1.32 bits per heavy atom. The van der Waals surface area contributed by atoms with E-state index >= 15 is 0 Å². The summed E-state index contributed by atoms with van der Waals surface area (Å²) in [4.78, 5) is 4.07. The second-order valence-electron chi connectivity index (χ2n) is 4.05. The van der Waals surface area contributed by atoms with Crippen LogP contribution in [0.4, 0.5) is 4.39 Å². The first-order chi connectivity index (χ1) is 8.89. The average Bonchev–Trinajstić information content (AvgIpc) is 2.75. The highest BCUT2D eigenvalue weighted by Crippen LogP contribution is 2.16. The summed E-state index contributed by atoms with van der Waals surface area (Å²) in [5.74, 6) is 0.513. The van der Waals surface area contributed by atoms with Crippen molar-refractivity contribution in [3.8, 4) is 0 Å². The van der Waals surface area contributed by atoms with Crippen molar-refractivity contribution >= 4 is 10.0 Å². The van der Waals surface area contributed by atoms with Gasteiger partial charge >= 0.3 is 0 Å². The van der Waals surface area contributed by atoms with E-state index in [2.05, 4.69) is 15.2 Å². The Labute approximate surface area is 110 Å². The lowest BCUT2D eigenvalue weighted by atomic mass is 10.4. The summed E-state index contributed by atoms with van der Waals surface area (Å²) in [5.41, 5.74) is 0. The number of hydrogen-bond acceptors (Lipinski definition) is 4. The topological polar surface area (TPSA) is 79.0 Å². The highest BCUT2D eigenvalue weighted by molar-refractivity contribution is 7.89. The fraction of sp³-hybridized carbons (Fsp3) is 0.273. The number of aromatic nitrogens is 3. The van der Waals surface area contributed by atoms with Crippen LogP contribution in [0.25, 0.3) is 0 Å². The zero-order valence-corrected chi connectivity index (χ0v) is 11.3. The van der Waals surface area contributed by atoms with Crippen LogP contribution in [0.2, 0.25) is 0 Å². The van der Waals surface area contributed by atoms with Crippen molar-refractivity contribution in [2.45, 2.75) is 18.4 Å². The number of nitrogens with one attached hydrogen (secondary N) is 1. The molecule has 0 atom stereocenters. The summed E-state index contributed by atoms with van der Waals surface area (Å²) < 4.78 is 38.3. The van der Waals surface area contributed by atoms with Gasteiger partial charge in [-0.05, 0) is 31.2 Å². The number of hydrogen-bond donors (Lipinski definition) is 1. The van der Waals surface area contributed by atoms with E-state index in [1.54, 1.807) is 6.92 Å². The summed E-state index contributed by atoms with van der Waals surface area (Å²) >= 11 is 0. The minimum atomic E-state index is -3.67. The van der Waals surface area contributed by atoms with Crippen molar-refractivity contribution in [2.75, 3.05) is 7.05 Å². The van der Waals surface area contributed by atoms with Crippen LogP contribution in [0, 0.1) is 12.7 Å². The van der Waals surface area contributed by atoms with Crippen LogP contribution in [-0.4, -0.2) is 35.0 Å². The fourth-order valence-electron chi connectivity index (χ4n) is 1.53. The van der Waals surface area contributed by atoms with E-state index in [1.165, 1.54) is 19.2 Å². The molecule has 2 rings (SSSR count). The van der Waals surface area contributed by atoms with Crippen molar-refractivity contribution in [3.63, 3.8) is 0 Å². The van der Waals surface area contributed by atoms with Gasteiger partial charge < -0.3 is 0 Å². The van der Waals surface area contributed by atoms with E-state index in [0.717, 1.165) is 16.4 Å². The number of benzene rings is 1. The van der Waals surface area contributed by atoms with Crippen LogP contribution < -0.4 is 0 Å². The lowest BCUT2D eigenvalue weighted by Crippen LogP contribution is -2.27. The average molecular weight is 284 g/mol. The van der Waals surface area contributed by atoms with Gasteiger partial charge in [0.2, 0.25) is 10.0 Å². The van der Waals surface area contributed by atoms with E-state index in [-0.39, 0.29) is 11.4 Å². The van der Waals surface area contributed by atoms with E-state index in [1.807, 2.05) is 0 Å². The summed E-state index contributed by atoms with van der Waals surface area (Å²) in [7, 11) is -2.25. The van der Waals surface area contributed by atoms with Crippen LogP contribution in [0.1, 0.15) is 11.6 Å². The number of rotatable bonds is 4. The molecule has 0 fully saturated rings. The van der Waals surface area contributed by atoms with Crippen LogP contribution in [-0.2, 0) is 16.6 Å². The summed E-state index contributed by atoms with van der Waals surface area (Å²) in [6, 6.07) is 4.67. The van der Waals surface area contributed by atoms with Crippen LogP contribution in [0.15, 0.2) is 29.2 Å². The van der Waals surface area contributed by atoms with Crippen molar-refractivity contribution in [3.05, 3.63) is 41.7 Å². The monoisotopic (exact) mass is 284 g/mol. The first-order valence-corrected chi connectivity index (χ1v) is 6.93. The maximum atomic E-state index is 12.8. The minimum absolute atomic E-state index is 0.0312. The number of aryl methyl sites for hydroxylation is 1. The first kappa shape index (κ1) is 13.6. The van der Waals surface area contributed by atoms with Crippen molar-refractivity contribution in [2.24, 2.45) is 0 Å². The molecule has 1 aromatic carbocycles. The lowest BCUT2D eigenvalue weighted by molar-refractivity contribution is 0.457. The van der Waals surface area contributed by atoms with Crippen LogP contribution >= 0.6 is 0 Å². The van der Waals surface area contributed by atoms with Gasteiger partial charge in [0.1, 0.15) is 11.6 Å². The van der Waals surface area contributed by atoms with Crippen molar-refractivity contribution < 1.29 is 12.8 Å². The molecule has 0 unspecified atom stereocenters. The van der Waals surface area contributed by atoms with Gasteiger partial charge in [-0.1, -0.05) is 0 Å². The predicted molar refractivity (Wildman–Crippen MR) is 66.2 cm³/mol. The Bertz CT molecular complexity index is 666. The highest BCUT2D eigenvalue weighted by atomic mass is 32.2. The number of nitrogens with zero attached hydrogens (tertiary/aromatic N) is 3. The molecular weight excluding hydrogens is 271 g/mol. The zero-order valence-electron chi connectivity index (χ0n) is 10.5. The summed E-state index contributed by atoms with van der Waals surface area (Å²) in [6.07, 6.45) is 0. The number of sulfonamides is 1. The Morgan fingerprint density at radius 2 is 1.95 bits per heavy atom. The molecule has 0 aliphatic heterocycles. The van der Waals surface area contributed by atoms with Gasteiger partial charge in [-0.15, -0.1) is 0 Å². The zero-order chi connectivity index (χ0) is 14.0. The van der Waals surface area contributed by atoms with Gasteiger partial charge in [-0.2, -0.15) is 9.40 Å². The van der Waals surface area contributed by atoms with Crippen molar-refractivity contribution in [1.29, 1.82) is 0 Å². The molecule has 0 spiro atoms. The van der Waals surface area contributed by atoms with E-state index in [9.17, 15) is 12.8 Å². The number of halogens is 1. The highest BCUT2D eigenvalue weighted by Gasteiger charge is 2.22. The Balaban J connectivity index is 2.21. The quantitative estimate of drug-likeness (QED) is 0.911. The van der Waals surface area contributed by atoms with Gasteiger partial charge in [0, 0.05) is 7.05 Å². The maximum absolute atomic E-state index is 12.8. The summed E-state index contributed by atoms with van der Waals surface area (Å²) in [5, 5.41) is 6.52. The third-order valence-corrected chi connectivity index (χ3v) is 4.35. The first-order valence-electron chi connectivity index (χ1n) is 5.49. The third kappa shape index (κ3) is 2.96. The third-order valence-electron chi connectivity index (χ3n) is 2.53. The van der Waals surface area contributed by atoms with E-state index < -0.39 is 15.8 Å². The second-order valence-corrected chi connectivity index (χ2v) is 6.10. The molecule has 0 bridgehead atoms. The predicted octanol–water partition coefficient (Wildman–Crippen LogP) is 1.07.